The van der Waals surface area contributed by atoms with E-state index in [0.717, 1.165) is 17.8 Å². The molecule has 1 aliphatic carbocycles. The Morgan fingerprint density at radius 1 is 1.15 bits per heavy atom. The summed E-state index contributed by atoms with van der Waals surface area (Å²) in [5, 5.41) is 0.444. The predicted octanol–water partition coefficient (Wildman–Crippen LogP) is 4.47. The summed E-state index contributed by atoms with van der Waals surface area (Å²) in [5.74, 6) is 2.60. The van der Waals surface area contributed by atoms with Gasteiger partial charge in [-0.05, 0) is 30.6 Å². The molecule has 1 rings (SSSR count). The molecular formula is C12H23Cl. The first-order chi connectivity index (χ1) is 6.19. The van der Waals surface area contributed by atoms with E-state index in [9.17, 15) is 0 Å². The van der Waals surface area contributed by atoms with Gasteiger partial charge in [0.2, 0.25) is 0 Å². The zero-order valence-corrected chi connectivity index (χ0v) is 9.98. The van der Waals surface area contributed by atoms with Gasteiger partial charge in [-0.1, -0.05) is 40.0 Å². The van der Waals surface area contributed by atoms with Crippen LogP contribution in [0.15, 0.2) is 0 Å². The molecule has 0 bridgehead atoms. The van der Waals surface area contributed by atoms with Crippen molar-refractivity contribution in [2.45, 2.75) is 58.3 Å². The molecule has 0 aromatic carbocycles. The first-order valence-electron chi connectivity index (χ1n) is 5.83. The maximum Gasteiger partial charge on any atom is 0.0364 e. The van der Waals surface area contributed by atoms with Crippen molar-refractivity contribution in [2.24, 2.45) is 17.8 Å². The highest BCUT2D eigenvalue weighted by atomic mass is 35.5. The van der Waals surface area contributed by atoms with Gasteiger partial charge in [-0.15, -0.1) is 11.6 Å². The van der Waals surface area contributed by atoms with Crippen LogP contribution in [0, 0.1) is 17.8 Å². The molecular weight excluding hydrogens is 180 g/mol. The van der Waals surface area contributed by atoms with E-state index in [4.69, 9.17) is 11.6 Å². The minimum atomic E-state index is 0.444. The SMILES string of the molecule is CCCC1CC(Cl)C(C)CC1CC. The summed E-state index contributed by atoms with van der Waals surface area (Å²) < 4.78 is 0. The lowest BCUT2D eigenvalue weighted by Gasteiger charge is -2.37. The Morgan fingerprint density at radius 3 is 2.38 bits per heavy atom. The molecule has 4 atom stereocenters. The Bertz CT molecular complexity index is 144. The van der Waals surface area contributed by atoms with Crippen molar-refractivity contribution in [2.75, 3.05) is 0 Å². The second kappa shape index (κ2) is 5.24. The quantitative estimate of drug-likeness (QED) is 0.593. The van der Waals surface area contributed by atoms with Crippen LogP contribution in [0.25, 0.3) is 0 Å². The Labute approximate surface area is 88.1 Å². The minimum absolute atomic E-state index is 0.444. The van der Waals surface area contributed by atoms with Crippen molar-refractivity contribution in [1.29, 1.82) is 0 Å². The zero-order chi connectivity index (χ0) is 9.84. The highest BCUT2D eigenvalue weighted by Crippen LogP contribution is 2.40. The minimum Gasteiger partial charge on any atom is -0.123 e. The maximum absolute atomic E-state index is 6.32. The van der Waals surface area contributed by atoms with Gasteiger partial charge in [0.05, 0.1) is 0 Å². The van der Waals surface area contributed by atoms with Gasteiger partial charge in [0.25, 0.3) is 0 Å². The van der Waals surface area contributed by atoms with Crippen LogP contribution in [0.2, 0.25) is 0 Å². The molecule has 1 saturated carbocycles. The number of hydrogen-bond acceptors (Lipinski definition) is 0. The summed E-state index contributed by atoms with van der Waals surface area (Å²) in [6.45, 7) is 6.92. The van der Waals surface area contributed by atoms with Crippen LogP contribution in [0.4, 0.5) is 0 Å². The Hall–Kier alpha value is 0.290. The second-order valence-corrected chi connectivity index (χ2v) is 5.24. The predicted molar refractivity (Wildman–Crippen MR) is 60.2 cm³/mol. The van der Waals surface area contributed by atoms with E-state index in [1.165, 1.54) is 32.1 Å². The third-order valence-corrected chi connectivity index (χ3v) is 4.28. The molecule has 0 radical (unpaired) electrons. The first kappa shape index (κ1) is 11.4. The average Bonchev–Trinajstić information content (AvgIpc) is 2.11. The monoisotopic (exact) mass is 202 g/mol. The van der Waals surface area contributed by atoms with E-state index in [1.807, 2.05) is 0 Å². The lowest BCUT2D eigenvalue weighted by atomic mass is 9.71. The van der Waals surface area contributed by atoms with Crippen molar-refractivity contribution in [3.8, 4) is 0 Å². The summed E-state index contributed by atoms with van der Waals surface area (Å²) in [7, 11) is 0. The molecule has 0 amide bonds. The van der Waals surface area contributed by atoms with E-state index in [1.54, 1.807) is 0 Å². The van der Waals surface area contributed by atoms with Crippen molar-refractivity contribution < 1.29 is 0 Å². The lowest BCUT2D eigenvalue weighted by molar-refractivity contribution is 0.177. The van der Waals surface area contributed by atoms with E-state index < -0.39 is 0 Å². The first-order valence-corrected chi connectivity index (χ1v) is 6.26. The van der Waals surface area contributed by atoms with Crippen LogP contribution < -0.4 is 0 Å². The van der Waals surface area contributed by atoms with Crippen LogP contribution >= 0.6 is 11.6 Å². The molecule has 1 heteroatoms. The summed E-state index contributed by atoms with van der Waals surface area (Å²) >= 11 is 6.32. The Kier molecular flexibility index (Phi) is 4.58. The molecule has 0 aliphatic heterocycles. The number of rotatable bonds is 3. The number of hydrogen-bond donors (Lipinski definition) is 0. The van der Waals surface area contributed by atoms with Gasteiger partial charge in [0, 0.05) is 5.38 Å². The van der Waals surface area contributed by atoms with Gasteiger partial charge in [0.1, 0.15) is 0 Å². The molecule has 78 valence electrons. The van der Waals surface area contributed by atoms with E-state index in [-0.39, 0.29) is 0 Å². The van der Waals surface area contributed by atoms with E-state index in [0.29, 0.717) is 5.38 Å². The molecule has 4 unspecified atom stereocenters. The highest BCUT2D eigenvalue weighted by molar-refractivity contribution is 6.20. The molecule has 1 aliphatic rings. The highest BCUT2D eigenvalue weighted by Gasteiger charge is 2.32. The van der Waals surface area contributed by atoms with Gasteiger partial charge < -0.3 is 0 Å². The second-order valence-electron chi connectivity index (χ2n) is 4.68. The molecule has 1 fully saturated rings. The van der Waals surface area contributed by atoms with Gasteiger partial charge in [-0.25, -0.2) is 0 Å². The van der Waals surface area contributed by atoms with Crippen LogP contribution in [0.3, 0.4) is 0 Å². The Morgan fingerprint density at radius 2 is 1.85 bits per heavy atom. The largest absolute Gasteiger partial charge is 0.123 e. The molecule has 0 aromatic heterocycles. The van der Waals surface area contributed by atoms with Gasteiger partial charge in [-0.2, -0.15) is 0 Å². The molecule has 0 spiro atoms. The third-order valence-electron chi connectivity index (χ3n) is 3.67. The summed E-state index contributed by atoms with van der Waals surface area (Å²) in [6, 6.07) is 0. The molecule has 0 N–H and O–H groups in total. The summed E-state index contributed by atoms with van der Waals surface area (Å²) in [4.78, 5) is 0. The van der Waals surface area contributed by atoms with Crippen molar-refractivity contribution in [3.63, 3.8) is 0 Å². The number of alkyl halides is 1. The van der Waals surface area contributed by atoms with Crippen molar-refractivity contribution in [3.05, 3.63) is 0 Å². The summed E-state index contributed by atoms with van der Waals surface area (Å²) in [6.07, 6.45) is 6.66. The fourth-order valence-corrected chi connectivity index (χ4v) is 3.09. The van der Waals surface area contributed by atoms with Gasteiger partial charge in [0.15, 0.2) is 0 Å². The average molecular weight is 203 g/mol. The molecule has 0 heterocycles. The lowest BCUT2D eigenvalue weighted by Crippen LogP contribution is -2.30. The van der Waals surface area contributed by atoms with Crippen LogP contribution in [0.1, 0.15) is 52.9 Å². The van der Waals surface area contributed by atoms with Crippen LogP contribution in [-0.4, -0.2) is 5.38 Å². The smallest absolute Gasteiger partial charge is 0.0364 e. The topological polar surface area (TPSA) is 0 Å². The van der Waals surface area contributed by atoms with E-state index in [2.05, 4.69) is 20.8 Å². The van der Waals surface area contributed by atoms with E-state index >= 15 is 0 Å². The van der Waals surface area contributed by atoms with Crippen molar-refractivity contribution in [1.82, 2.24) is 0 Å². The van der Waals surface area contributed by atoms with Gasteiger partial charge in [-0.3, -0.25) is 0 Å². The maximum atomic E-state index is 6.32. The Balaban J connectivity index is 2.50. The fraction of sp³-hybridized carbons (Fsp3) is 1.00. The zero-order valence-electron chi connectivity index (χ0n) is 9.22. The normalized spacial score (nSPS) is 40.6. The third kappa shape index (κ3) is 2.87. The molecule has 0 nitrogen and oxygen atoms in total. The van der Waals surface area contributed by atoms with Crippen LogP contribution in [0.5, 0.6) is 0 Å². The molecule has 0 aromatic rings. The molecule has 0 saturated heterocycles. The standard InChI is InChI=1S/C12H23Cl/c1-4-6-11-8-12(13)9(3)7-10(11)5-2/h9-12H,4-8H2,1-3H3. The van der Waals surface area contributed by atoms with Crippen molar-refractivity contribution >= 4 is 11.6 Å². The molecule has 13 heavy (non-hydrogen) atoms. The van der Waals surface area contributed by atoms with Crippen LogP contribution in [-0.2, 0) is 0 Å². The number of halogens is 1. The fourth-order valence-electron chi connectivity index (χ4n) is 2.76. The summed E-state index contributed by atoms with van der Waals surface area (Å²) in [5.41, 5.74) is 0. The van der Waals surface area contributed by atoms with Gasteiger partial charge >= 0.3 is 0 Å².